The first-order valence-electron chi connectivity index (χ1n) is 13.6. The summed E-state index contributed by atoms with van der Waals surface area (Å²) < 4.78 is 13.2. The average molecular weight is 491 g/mol. The fraction of sp³-hybridized carbons (Fsp3) is 0.733. The zero-order chi connectivity index (χ0) is 25.9. The fourth-order valence-corrected chi connectivity index (χ4v) is 6.93. The molecule has 0 aliphatic heterocycles. The Bertz CT molecular complexity index is 825. The van der Waals surface area contributed by atoms with Crippen LogP contribution in [0.1, 0.15) is 85.5 Å². The van der Waals surface area contributed by atoms with Crippen LogP contribution in [-0.2, 0) is 0 Å². The van der Waals surface area contributed by atoms with E-state index in [-0.39, 0.29) is 18.3 Å². The van der Waals surface area contributed by atoms with Crippen LogP contribution in [0.5, 0.6) is 0 Å². The van der Waals surface area contributed by atoms with Gasteiger partial charge in [-0.05, 0) is 81.0 Å². The molecule has 0 amide bonds. The Balaban J connectivity index is 1.70. The Kier molecular flexibility index (Phi) is 9.23. The molecule has 3 rings (SSSR count). The summed E-state index contributed by atoms with van der Waals surface area (Å²) in [6.45, 7) is 7.62. The van der Waals surface area contributed by atoms with E-state index >= 15 is 0 Å². The van der Waals surface area contributed by atoms with Gasteiger partial charge < -0.3 is 20.4 Å². The number of fused-ring (bicyclic) bond motifs is 1. The minimum Gasteiger partial charge on any atom is -0.390 e. The molecule has 3 aliphatic carbocycles. The zero-order valence-electron chi connectivity index (χ0n) is 22.1. The molecular weight excluding hydrogens is 443 g/mol. The molecule has 0 aromatic heterocycles. The Morgan fingerprint density at radius 2 is 1.74 bits per heavy atom. The van der Waals surface area contributed by atoms with Gasteiger partial charge in [0.05, 0.1) is 17.8 Å². The molecule has 3 fully saturated rings. The van der Waals surface area contributed by atoms with Gasteiger partial charge >= 0.3 is 0 Å². The summed E-state index contributed by atoms with van der Waals surface area (Å²) in [6, 6.07) is 0. The SMILES string of the molecule is CCC(O)(/C=C/C=C/[C@@H](C)C1CCC2/C(=C/C=C3C[C@@H](O)C(O)(CF)[C@H](O)C3)CCCC21C)CC. The summed E-state index contributed by atoms with van der Waals surface area (Å²) in [5.74, 6) is 1.57. The second-order valence-corrected chi connectivity index (χ2v) is 11.6. The molecule has 4 N–H and O–H groups in total. The van der Waals surface area contributed by atoms with Gasteiger partial charge in [-0.1, -0.05) is 75.3 Å². The van der Waals surface area contributed by atoms with Crippen molar-refractivity contribution >= 4 is 0 Å². The summed E-state index contributed by atoms with van der Waals surface area (Å²) in [7, 11) is 0. The molecule has 6 atom stereocenters. The number of hydrogen-bond acceptors (Lipinski definition) is 4. The van der Waals surface area contributed by atoms with Crippen molar-refractivity contribution in [2.75, 3.05) is 6.67 Å². The third kappa shape index (κ3) is 5.84. The highest BCUT2D eigenvalue weighted by Gasteiger charge is 2.50. The number of halogens is 1. The highest BCUT2D eigenvalue weighted by molar-refractivity contribution is 5.28. The van der Waals surface area contributed by atoms with Crippen molar-refractivity contribution in [2.45, 2.75) is 109 Å². The van der Waals surface area contributed by atoms with Crippen LogP contribution >= 0.6 is 0 Å². The Morgan fingerprint density at radius 3 is 2.34 bits per heavy atom. The monoisotopic (exact) mass is 490 g/mol. The van der Waals surface area contributed by atoms with Gasteiger partial charge in [-0.25, -0.2) is 4.39 Å². The zero-order valence-corrected chi connectivity index (χ0v) is 22.1. The lowest BCUT2D eigenvalue weighted by Crippen LogP contribution is -2.57. The number of alkyl halides is 1. The summed E-state index contributed by atoms with van der Waals surface area (Å²) >= 11 is 0. The second kappa shape index (κ2) is 11.4. The van der Waals surface area contributed by atoms with Gasteiger partial charge in [0.15, 0.2) is 0 Å². The van der Waals surface area contributed by atoms with E-state index < -0.39 is 30.1 Å². The fourth-order valence-electron chi connectivity index (χ4n) is 6.93. The molecule has 0 bridgehead atoms. The lowest BCUT2D eigenvalue weighted by Gasteiger charge is -2.44. The smallest absolute Gasteiger partial charge is 0.145 e. The first-order chi connectivity index (χ1) is 16.5. The number of rotatable bonds is 8. The third-order valence-corrected chi connectivity index (χ3v) is 9.64. The van der Waals surface area contributed by atoms with E-state index in [4.69, 9.17) is 0 Å². The van der Waals surface area contributed by atoms with E-state index in [1.54, 1.807) is 0 Å². The normalized spacial score (nSPS) is 38.4. The average Bonchev–Trinajstić information content (AvgIpc) is 3.21. The van der Waals surface area contributed by atoms with Crippen LogP contribution in [0.3, 0.4) is 0 Å². The summed E-state index contributed by atoms with van der Waals surface area (Å²) in [6.07, 6.45) is 17.5. The number of aliphatic hydroxyl groups excluding tert-OH is 2. The van der Waals surface area contributed by atoms with E-state index in [0.29, 0.717) is 30.6 Å². The predicted molar refractivity (Wildman–Crippen MR) is 139 cm³/mol. The number of hydrogen-bond donors (Lipinski definition) is 4. The molecule has 4 nitrogen and oxygen atoms in total. The Hall–Kier alpha value is -1.27. The number of aliphatic hydroxyl groups is 4. The maximum absolute atomic E-state index is 13.2. The van der Waals surface area contributed by atoms with Crippen LogP contribution in [-0.4, -0.2) is 50.5 Å². The molecule has 0 saturated heterocycles. The summed E-state index contributed by atoms with van der Waals surface area (Å²) in [4.78, 5) is 0. The van der Waals surface area contributed by atoms with Gasteiger partial charge in [-0.15, -0.1) is 0 Å². The van der Waals surface area contributed by atoms with Crippen molar-refractivity contribution < 1.29 is 24.8 Å². The lowest BCUT2D eigenvalue weighted by atomic mass is 9.61. The van der Waals surface area contributed by atoms with E-state index in [1.165, 1.54) is 24.8 Å². The quantitative estimate of drug-likeness (QED) is 0.335. The van der Waals surface area contributed by atoms with Crippen molar-refractivity contribution in [3.63, 3.8) is 0 Å². The molecule has 3 saturated carbocycles. The summed E-state index contributed by atoms with van der Waals surface area (Å²) in [5.41, 5.74) is -0.235. The van der Waals surface area contributed by atoms with Crippen LogP contribution < -0.4 is 0 Å². The maximum Gasteiger partial charge on any atom is 0.145 e. The van der Waals surface area contributed by atoms with Crippen molar-refractivity contribution in [2.24, 2.45) is 23.2 Å². The van der Waals surface area contributed by atoms with Crippen molar-refractivity contribution in [1.82, 2.24) is 0 Å². The van der Waals surface area contributed by atoms with Gasteiger partial charge in [0.1, 0.15) is 12.3 Å². The Labute approximate surface area is 211 Å². The standard InChI is InChI=1S/C30H47FO4/c1-5-29(34,6-2)17-8-7-10-21(3)24-14-15-25-23(11-9-16-28(24,25)4)13-12-22-18-26(32)30(35,20-31)27(33)19-22/h7-8,10,12-13,17,21,24-27,32-35H,5-6,9,11,14-16,18-20H2,1-4H3/b10-7+,17-8+,22-12?,23-13+/t21-,24?,25?,26-,27-,28?,30?/m1/s1. The van der Waals surface area contributed by atoms with Crippen LogP contribution in [0.2, 0.25) is 0 Å². The maximum atomic E-state index is 13.2. The van der Waals surface area contributed by atoms with Crippen LogP contribution in [0, 0.1) is 23.2 Å². The van der Waals surface area contributed by atoms with Gasteiger partial charge in [-0.3, -0.25) is 0 Å². The van der Waals surface area contributed by atoms with Crippen molar-refractivity contribution in [3.8, 4) is 0 Å². The molecule has 198 valence electrons. The molecule has 0 radical (unpaired) electrons. The number of allylic oxidation sites excluding steroid dienone is 6. The second-order valence-electron chi connectivity index (χ2n) is 11.6. The topological polar surface area (TPSA) is 80.9 Å². The molecule has 3 unspecified atom stereocenters. The van der Waals surface area contributed by atoms with E-state index in [1.807, 2.05) is 32.1 Å². The lowest BCUT2D eigenvalue weighted by molar-refractivity contribution is -0.165. The van der Waals surface area contributed by atoms with E-state index in [2.05, 4.69) is 32.1 Å². The predicted octanol–water partition coefficient (Wildman–Crippen LogP) is 5.57. The molecule has 0 aromatic carbocycles. The van der Waals surface area contributed by atoms with E-state index in [9.17, 15) is 24.8 Å². The largest absolute Gasteiger partial charge is 0.390 e. The molecular formula is C30H47FO4. The van der Waals surface area contributed by atoms with Gasteiger partial charge in [0.25, 0.3) is 0 Å². The highest BCUT2D eigenvalue weighted by Crippen LogP contribution is 2.59. The van der Waals surface area contributed by atoms with Crippen LogP contribution in [0.4, 0.5) is 4.39 Å². The molecule has 3 aliphatic rings. The third-order valence-electron chi connectivity index (χ3n) is 9.64. The van der Waals surface area contributed by atoms with Crippen molar-refractivity contribution in [3.05, 3.63) is 47.6 Å². The molecule has 0 heterocycles. The van der Waals surface area contributed by atoms with Gasteiger partial charge in [-0.2, -0.15) is 0 Å². The molecule has 35 heavy (non-hydrogen) atoms. The minimum absolute atomic E-state index is 0.187. The van der Waals surface area contributed by atoms with Crippen molar-refractivity contribution in [1.29, 1.82) is 0 Å². The molecule has 0 spiro atoms. The highest BCUT2D eigenvalue weighted by atomic mass is 19.1. The van der Waals surface area contributed by atoms with Crippen LogP contribution in [0.25, 0.3) is 0 Å². The summed E-state index contributed by atoms with van der Waals surface area (Å²) in [5, 5.41) is 41.1. The first-order valence-corrected chi connectivity index (χ1v) is 13.6. The van der Waals surface area contributed by atoms with E-state index in [0.717, 1.165) is 18.4 Å². The molecule has 5 heteroatoms. The van der Waals surface area contributed by atoms with Gasteiger partial charge in [0.2, 0.25) is 0 Å². The van der Waals surface area contributed by atoms with Crippen LogP contribution in [0.15, 0.2) is 47.6 Å². The van der Waals surface area contributed by atoms with Gasteiger partial charge in [0, 0.05) is 0 Å². The first kappa shape index (κ1) is 28.3. The minimum atomic E-state index is -2.06. The Morgan fingerprint density at radius 1 is 1.09 bits per heavy atom. The molecule has 0 aromatic rings.